The number of aromatic carboxylic acids is 1. The SMILES string of the molecule is Cc1ccc(C(=O)Nc2cc(C)c(C(=O)O)s2)s1. The number of carboxylic acids is 1. The molecule has 0 fully saturated rings. The molecular weight excluding hydrogens is 270 g/mol. The van der Waals surface area contributed by atoms with Crippen LogP contribution in [0.1, 0.15) is 29.8 Å². The molecule has 6 heteroatoms. The van der Waals surface area contributed by atoms with Gasteiger partial charge in [-0.3, -0.25) is 4.79 Å². The molecule has 0 atom stereocenters. The summed E-state index contributed by atoms with van der Waals surface area (Å²) in [6.45, 7) is 3.64. The van der Waals surface area contributed by atoms with E-state index in [1.807, 2.05) is 13.0 Å². The number of amides is 1. The van der Waals surface area contributed by atoms with Crippen LogP contribution in [0.25, 0.3) is 0 Å². The number of carbonyl (C=O) groups excluding carboxylic acids is 1. The lowest BCUT2D eigenvalue weighted by Crippen LogP contribution is -2.08. The summed E-state index contributed by atoms with van der Waals surface area (Å²) in [5, 5.41) is 12.2. The Bertz CT molecular complexity index is 613. The zero-order valence-electron chi connectivity index (χ0n) is 9.81. The zero-order chi connectivity index (χ0) is 13.3. The standard InChI is InChI=1S/C12H11NO3S2/c1-6-5-9(18-10(6)12(15)16)13-11(14)8-4-3-7(2)17-8/h3-5H,1-2H3,(H,13,14)(H,15,16). The van der Waals surface area contributed by atoms with Crippen molar-refractivity contribution in [3.05, 3.63) is 38.4 Å². The smallest absolute Gasteiger partial charge is 0.346 e. The first-order valence-corrected chi connectivity index (χ1v) is 6.82. The molecule has 0 saturated heterocycles. The van der Waals surface area contributed by atoms with Crippen LogP contribution < -0.4 is 5.32 Å². The molecule has 2 rings (SSSR count). The molecule has 2 N–H and O–H groups in total. The normalized spacial score (nSPS) is 10.3. The van der Waals surface area contributed by atoms with Crippen molar-refractivity contribution in [2.24, 2.45) is 0 Å². The first-order valence-electron chi connectivity index (χ1n) is 5.19. The predicted molar refractivity (Wildman–Crippen MR) is 73.0 cm³/mol. The second-order valence-electron chi connectivity index (χ2n) is 3.79. The van der Waals surface area contributed by atoms with Crippen LogP contribution in [0.15, 0.2) is 18.2 Å². The number of thiophene rings is 2. The van der Waals surface area contributed by atoms with Crippen LogP contribution in [0.5, 0.6) is 0 Å². The molecule has 0 aliphatic carbocycles. The van der Waals surface area contributed by atoms with Crippen molar-refractivity contribution in [1.82, 2.24) is 0 Å². The summed E-state index contributed by atoms with van der Waals surface area (Å²) in [5.74, 6) is -1.17. The summed E-state index contributed by atoms with van der Waals surface area (Å²) in [6.07, 6.45) is 0. The number of anilines is 1. The Morgan fingerprint density at radius 2 is 1.94 bits per heavy atom. The minimum atomic E-state index is -0.968. The van der Waals surface area contributed by atoms with Gasteiger partial charge in [0, 0.05) is 4.88 Å². The van der Waals surface area contributed by atoms with E-state index in [2.05, 4.69) is 5.32 Å². The van der Waals surface area contributed by atoms with Gasteiger partial charge in [0.1, 0.15) is 4.88 Å². The molecule has 0 bridgehead atoms. The average Bonchev–Trinajstić information content (AvgIpc) is 2.85. The molecule has 0 aliphatic heterocycles. The van der Waals surface area contributed by atoms with Crippen molar-refractivity contribution in [1.29, 1.82) is 0 Å². The molecule has 18 heavy (non-hydrogen) atoms. The Kier molecular flexibility index (Phi) is 3.49. The highest BCUT2D eigenvalue weighted by Gasteiger charge is 2.15. The molecule has 0 saturated carbocycles. The Morgan fingerprint density at radius 1 is 1.22 bits per heavy atom. The molecule has 0 aromatic carbocycles. The van der Waals surface area contributed by atoms with Gasteiger partial charge in [-0.15, -0.1) is 22.7 Å². The lowest BCUT2D eigenvalue weighted by atomic mass is 10.3. The molecule has 1 amide bonds. The molecule has 0 unspecified atom stereocenters. The molecule has 0 aliphatic rings. The van der Waals surface area contributed by atoms with Crippen LogP contribution in [0.4, 0.5) is 5.00 Å². The van der Waals surface area contributed by atoms with E-state index in [0.717, 1.165) is 16.2 Å². The van der Waals surface area contributed by atoms with Crippen LogP contribution in [0.2, 0.25) is 0 Å². The third-order valence-electron chi connectivity index (χ3n) is 2.31. The number of hydrogen-bond donors (Lipinski definition) is 2. The monoisotopic (exact) mass is 281 g/mol. The maximum Gasteiger partial charge on any atom is 0.346 e. The lowest BCUT2D eigenvalue weighted by Gasteiger charge is -1.98. The minimum Gasteiger partial charge on any atom is -0.477 e. The Hall–Kier alpha value is -1.66. The number of aryl methyl sites for hydroxylation is 2. The minimum absolute atomic E-state index is 0.203. The van der Waals surface area contributed by atoms with Gasteiger partial charge in [-0.1, -0.05) is 0 Å². The van der Waals surface area contributed by atoms with Crippen LogP contribution in [0.3, 0.4) is 0 Å². The van der Waals surface area contributed by atoms with E-state index in [1.54, 1.807) is 19.1 Å². The summed E-state index contributed by atoms with van der Waals surface area (Å²) in [4.78, 5) is 24.7. The van der Waals surface area contributed by atoms with Crippen LogP contribution in [0, 0.1) is 13.8 Å². The topological polar surface area (TPSA) is 66.4 Å². The Labute approximate surface area is 112 Å². The van der Waals surface area contributed by atoms with Crippen molar-refractivity contribution in [2.75, 3.05) is 5.32 Å². The van der Waals surface area contributed by atoms with Gasteiger partial charge in [-0.05, 0) is 37.6 Å². The van der Waals surface area contributed by atoms with Crippen molar-refractivity contribution in [3.63, 3.8) is 0 Å². The summed E-state index contributed by atoms with van der Waals surface area (Å²) in [7, 11) is 0. The van der Waals surface area contributed by atoms with Gasteiger partial charge >= 0.3 is 5.97 Å². The van der Waals surface area contributed by atoms with Crippen LogP contribution >= 0.6 is 22.7 Å². The first kappa shape index (κ1) is 12.8. The summed E-state index contributed by atoms with van der Waals surface area (Å²) >= 11 is 2.48. The van der Waals surface area contributed by atoms with Crippen LogP contribution in [-0.2, 0) is 0 Å². The summed E-state index contributed by atoms with van der Waals surface area (Å²) in [5.41, 5.74) is 0.658. The van der Waals surface area contributed by atoms with Crippen molar-refractivity contribution >= 4 is 39.6 Å². The molecular formula is C12H11NO3S2. The Morgan fingerprint density at radius 3 is 2.44 bits per heavy atom. The van der Waals surface area contributed by atoms with E-state index < -0.39 is 5.97 Å². The third kappa shape index (κ3) is 2.60. The van der Waals surface area contributed by atoms with E-state index in [9.17, 15) is 9.59 Å². The number of hydrogen-bond acceptors (Lipinski definition) is 4. The highest BCUT2D eigenvalue weighted by atomic mass is 32.1. The van der Waals surface area contributed by atoms with Crippen molar-refractivity contribution in [3.8, 4) is 0 Å². The maximum absolute atomic E-state index is 11.9. The van der Waals surface area contributed by atoms with E-state index in [4.69, 9.17) is 5.11 Å². The van der Waals surface area contributed by atoms with Gasteiger partial charge in [0.25, 0.3) is 5.91 Å². The second-order valence-corrected chi connectivity index (χ2v) is 6.13. The highest BCUT2D eigenvalue weighted by Crippen LogP contribution is 2.27. The maximum atomic E-state index is 11.9. The van der Waals surface area contributed by atoms with Crippen molar-refractivity contribution in [2.45, 2.75) is 13.8 Å². The number of carbonyl (C=O) groups is 2. The van der Waals surface area contributed by atoms with E-state index in [0.29, 0.717) is 15.4 Å². The third-order valence-corrected chi connectivity index (χ3v) is 4.45. The summed E-state index contributed by atoms with van der Waals surface area (Å²) < 4.78 is 0. The van der Waals surface area contributed by atoms with E-state index in [1.165, 1.54) is 11.3 Å². The molecule has 0 radical (unpaired) electrons. The molecule has 94 valence electrons. The number of rotatable bonds is 3. The second kappa shape index (κ2) is 4.91. The van der Waals surface area contributed by atoms with Crippen LogP contribution in [-0.4, -0.2) is 17.0 Å². The Balaban J connectivity index is 2.17. The zero-order valence-corrected chi connectivity index (χ0v) is 11.4. The van der Waals surface area contributed by atoms with E-state index >= 15 is 0 Å². The van der Waals surface area contributed by atoms with Gasteiger partial charge in [0.05, 0.1) is 9.88 Å². The van der Waals surface area contributed by atoms with Gasteiger partial charge < -0.3 is 10.4 Å². The first-order chi connectivity index (χ1) is 8.47. The highest BCUT2D eigenvalue weighted by molar-refractivity contribution is 7.18. The molecule has 2 aromatic rings. The molecule has 2 heterocycles. The van der Waals surface area contributed by atoms with Gasteiger partial charge in [0.2, 0.25) is 0 Å². The average molecular weight is 281 g/mol. The fourth-order valence-corrected chi connectivity index (χ4v) is 3.16. The van der Waals surface area contributed by atoms with Gasteiger partial charge in [0.15, 0.2) is 0 Å². The van der Waals surface area contributed by atoms with Gasteiger partial charge in [-0.2, -0.15) is 0 Å². The quantitative estimate of drug-likeness (QED) is 0.906. The molecule has 0 spiro atoms. The molecule has 4 nitrogen and oxygen atoms in total. The van der Waals surface area contributed by atoms with E-state index in [-0.39, 0.29) is 10.8 Å². The largest absolute Gasteiger partial charge is 0.477 e. The fourth-order valence-electron chi connectivity index (χ4n) is 1.49. The predicted octanol–water partition coefficient (Wildman–Crippen LogP) is 3.38. The lowest BCUT2D eigenvalue weighted by molar-refractivity contribution is 0.0701. The molecule has 2 aromatic heterocycles. The van der Waals surface area contributed by atoms with Gasteiger partial charge in [-0.25, -0.2) is 4.79 Å². The van der Waals surface area contributed by atoms with Crippen molar-refractivity contribution < 1.29 is 14.7 Å². The fraction of sp³-hybridized carbons (Fsp3) is 0.167. The number of nitrogens with one attached hydrogen (secondary N) is 1. The summed E-state index contributed by atoms with van der Waals surface area (Å²) in [6, 6.07) is 5.31. The number of carboxylic acid groups (broad SMARTS) is 1.